The number of nitrogens with two attached hydrogens (primary N) is 1. The maximum Gasteiger partial charge on any atom is 0.152 e. The van der Waals surface area contributed by atoms with Crippen molar-refractivity contribution in [3.8, 4) is 0 Å². The predicted molar refractivity (Wildman–Crippen MR) is 62.3 cm³/mol. The van der Waals surface area contributed by atoms with Gasteiger partial charge in [-0.1, -0.05) is 11.6 Å². The summed E-state index contributed by atoms with van der Waals surface area (Å²) in [6, 6.07) is 1.73. The molecule has 0 unspecified atom stereocenters. The third kappa shape index (κ3) is 2.14. The first-order chi connectivity index (χ1) is 7.56. The Kier molecular flexibility index (Phi) is 2.78. The summed E-state index contributed by atoms with van der Waals surface area (Å²) in [5.74, 6) is 1.11. The average molecular weight is 238 g/mol. The van der Waals surface area contributed by atoms with E-state index in [4.69, 9.17) is 17.3 Å². The molecule has 0 aromatic carbocycles. The van der Waals surface area contributed by atoms with Crippen LogP contribution in [0.4, 0.5) is 5.82 Å². The van der Waals surface area contributed by atoms with E-state index >= 15 is 0 Å². The van der Waals surface area contributed by atoms with E-state index in [2.05, 4.69) is 15.1 Å². The van der Waals surface area contributed by atoms with Crippen LogP contribution in [-0.2, 0) is 6.54 Å². The van der Waals surface area contributed by atoms with Gasteiger partial charge in [0.15, 0.2) is 5.82 Å². The van der Waals surface area contributed by atoms with Gasteiger partial charge in [0.1, 0.15) is 12.4 Å². The standard InChI is InChI=1S/C10H12ClN5/c1-6-3-9(12)15-10(14-6)5-16-7(2)8(11)4-13-16/h3-4H,5H2,1-2H3,(H2,12,14,15). The number of aryl methyl sites for hydroxylation is 1. The summed E-state index contributed by atoms with van der Waals surface area (Å²) in [6.07, 6.45) is 1.61. The Balaban J connectivity index is 2.30. The molecule has 0 aliphatic heterocycles. The molecule has 0 fully saturated rings. The molecule has 2 aromatic heterocycles. The molecule has 0 saturated carbocycles. The molecule has 84 valence electrons. The predicted octanol–water partition coefficient (Wildman–Crippen LogP) is 1.57. The topological polar surface area (TPSA) is 69.6 Å². The molecular formula is C10H12ClN5. The van der Waals surface area contributed by atoms with Crippen molar-refractivity contribution in [1.82, 2.24) is 19.7 Å². The number of halogens is 1. The van der Waals surface area contributed by atoms with Gasteiger partial charge in [0, 0.05) is 11.8 Å². The largest absolute Gasteiger partial charge is 0.384 e. The van der Waals surface area contributed by atoms with E-state index in [1.54, 1.807) is 16.9 Å². The summed E-state index contributed by atoms with van der Waals surface area (Å²) < 4.78 is 1.75. The Bertz CT molecular complexity index is 500. The van der Waals surface area contributed by atoms with Crippen molar-refractivity contribution in [3.63, 3.8) is 0 Å². The number of nitrogens with zero attached hydrogens (tertiary/aromatic N) is 4. The lowest BCUT2D eigenvalue weighted by atomic mass is 10.4. The van der Waals surface area contributed by atoms with E-state index in [0.717, 1.165) is 11.4 Å². The Morgan fingerprint density at radius 3 is 2.69 bits per heavy atom. The van der Waals surface area contributed by atoms with Crippen molar-refractivity contribution in [2.75, 3.05) is 5.73 Å². The molecular weight excluding hydrogens is 226 g/mol. The van der Waals surface area contributed by atoms with Crippen molar-refractivity contribution in [2.45, 2.75) is 20.4 Å². The van der Waals surface area contributed by atoms with Crippen LogP contribution >= 0.6 is 11.6 Å². The van der Waals surface area contributed by atoms with Gasteiger partial charge in [0.05, 0.1) is 16.9 Å². The molecule has 0 aliphatic rings. The van der Waals surface area contributed by atoms with E-state index < -0.39 is 0 Å². The third-order valence-electron chi connectivity index (χ3n) is 2.25. The molecule has 0 radical (unpaired) electrons. The number of hydrogen-bond acceptors (Lipinski definition) is 4. The number of anilines is 1. The van der Waals surface area contributed by atoms with Gasteiger partial charge in [-0.3, -0.25) is 4.68 Å². The SMILES string of the molecule is Cc1cc(N)nc(Cn2ncc(Cl)c2C)n1. The molecule has 0 aliphatic carbocycles. The number of rotatable bonds is 2. The summed E-state index contributed by atoms with van der Waals surface area (Å²) in [5.41, 5.74) is 7.39. The normalized spacial score (nSPS) is 10.7. The van der Waals surface area contributed by atoms with Crippen LogP contribution in [0.3, 0.4) is 0 Å². The molecule has 16 heavy (non-hydrogen) atoms. The zero-order valence-electron chi connectivity index (χ0n) is 9.11. The zero-order chi connectivity index (χ0) is 11.7. The van der Waals surface area contributed by atoms with Crippen LogP contribution in [0.5, 0.6) is 0 Å². The summed E-state index contributed by atoms with van der Waals surface area (Å²) in [4.78, 5) is 8.43. The summed E-state index contributed by atoms with van der Waals surface area (Å²) in [5, 5.41) is 4.77. The van der Waals surface area contributed by atoms with Gasteiger partial charge in [-0.2, -0.15) is 5.10 Å². The molecule has 0 atom stereocenters. The fraction of sp³-hybridized carbons (Fsp3) is 0.300. The smallest absolute Gasteiger partial charge is 0.152 e. The summed E-state index contributed by atoms with van der Waals surface area (Å²) in [7, 11) is 0. The van der Waals surface area contributed by atoms with Crippen LogP contribution < -0.4 is 5.73 Å². The minimum Gasteiger partial charge on any atom is -0.384 e. The fourth-order valence-electron chi connectivity index (χ4n) is 1.44. The van der Waals surface area contributed by atoms with Crippen LogP contribution in [0.1, 0.15) is 17.2 Å². The lowest BCUT2D eigenvalue weighted by molar-refractivity contribution is 0.635. The van der Waals surface area contributed by atoms with Crippen molar-refractivity contribution >= 4 is 17.4 Å². The molecule has 5 nitrogen and oxygen atoms in total. The van der Waals surface area contributed by atoms with Crippen LogP contribution in [0.2, 0.25) is 5.02 Å². The minimum atomic E-state index is 0.471. The van der Waals surface area contributed by atoms with Crippen LogP contribution in [0.25, 0.3) is 0 Å². The summed E-state index contributed by atoms with van der Waals surface area (Å²) in [6.45, 7) is 4.25. The maximum atomic E-state index is 5.91. The first kappa shape index (κ1) is 10.9. The van der Waals surface area contributed by atoms with Gasteiger partial charge >= 0.3 is 0 Å². The molecule has 2 aromatic rings. The summed E-state index contributed by atoms with van der Waals surface area (Å²) >= 11 is 5.91. The van der Waals surface area contributed by atoms with E-state index in [1.165, 1.54) is 0 Å². The monoisotopic (exact) mass is 237 g/mol. The number of aromatic nitrogens is 4. The fourth-order valence-corrected chi connectivity index (χ4v) is 1.59. The van der Waals surface area contributed by atoms with E-state index in [0.29, 0.717) is 23.2 Å². The molecule has 0 saturated heterocycles. The Labute approximate surface area is 98.3 Å². The first-order valence-electron chi connectivity index (χ1n) is 4.84. The molecule has 0 amide bonds. The Morgan fingerprint density at radius 2 is 2.12 bits per heavy atom. The van der Waals surface area contributed by atoms with Crippen molar-refractivity contribution < 1.29 is 0 Å². The van der Waals surface area contributed by atoms with Crippen LogP contribution in [0, 0.1) is 13.8 Å². The van der Waals surface area contributed by atoms with Crippen molar-refractivity contribution in [2.24, 2.45) is 0 Å². The lowest BCUT2D eigenvalue weighted by Crippen LogP contribution is -2.09. The first-order valence-corrected chi connectivity index (χ1v) is 5.22. The van der Waals surface area contributed by atoms with Crippen molar-refractivity contribution in [1.29, 1.82) is 0 Å². The highest BCUT2D eigenvalue weighted by molar-refractivity contribution is 6.31. The maximum absolute atomic E-state index is 5.91. The second kappa shape index (κ2) is 4.09. The molecule has 2 heterocycles. The molecule has 2 rings (SSSR count). The van der Waals surface area contributed by atoms with Crippen molar-refractivity contribution in [3.05, 3.63) is 34.5 Å². The van der Waals surface area contributed by atoms with Gasteiger partial charge < -0.3 is 5.73 Å². The lowest BCUT2D eigenvalue weighted by Gasteiger charge is -2.05. The number of hydrogen-bond donors (Lipinski definition) is 1. The van der Waals surface area contributed by atoms with Gasteiger partial charge in [-0.25, -0.2) is 9.97 Å². The third-order valence-corrected chi connectivity index (χ3v) is 2.63. The van der Waals surface area contributed by atoms with Crippen LogP contribution in [-0.4, -0.2) is 19.7 Å². The zero-order valence-corrected chi connectivity index (χ0v) is 9.86. The van der Waals surface area contributed by atoms with E-state index in [9.17, 15) is 0 Å². The van der Waals surface area contributed by atoms with Gasteiger partial charge in [0.2, 0.25) is 0 Å². The Hall–Kier alpha value is -1.62. The van der Waals surface area contributed by atoms with Crippen LogP contribution in [0.15, 0.2) is 12.3 Å². The highest BCUT2D eigenvalue weighted by Crippen LogP contribution is 2.14. The second-order valence-corrected chi connectivity index (χ2v) is 3.99. The molecule has 6 heteroatoms. The molecule has 2 N–H and O–H groups in total. The number of nitrogen functional groups attached to an aromatic ring is 1. The van der Waals surface area contributed by atoms with E-state index in [-0.39, 0.29) is 0 Å². The highest BCUT2D eigenvalue weighted by atomic mass is 35.5. The highest BCUT2D eigenvalue weighted by Gasteiger charge is 2.07. The second-order valence-electron chi connectivity index (χ2n) is 3.59. The minimum absolute atomic E-state index is 0.471. The molecule has 0 spiro atoms. The van der Waals surface area contributed by atoms with Gasteiger partial charge in [-0.05, 0) is 13.8 Å². The quantitative estimate of drug-likeness (QED) is 0.861. The van der Waals surface area contributed by atoms with E-state index in [1.807, 2.05) is 13.8 Å². The molecule has 0 bridgehead atoms. The van der Waals surface area contributed by atoms with Gasteiger partial charge in [0.25, 0.3) is 0 Å². The Morgan fingerprint density at radius 1 is 1.38 bits per heavy atom. The van der Waals surface area contributed by atoms with Gasteiger partial charge in [-0.15, -0.1) is 0 Å². The average Bonchev–Trinajstić information content (AvgIpc) is 2.48.